The number of sulfonamides is 1. The van der Waals surface area contributed by atoms with E-state index < -0.39 is 15.8 Å². The summed E-state index contributed by atoms with van der Waals surface area (Å²) < 4.78 is 45.4. The number of benzene rings is 1. The average molecular weight is 442 g/mol. The largest absolute Gasteiger partial charge is 0.279 e. The third-order valence-corrected chi connectivity index (χ3v) is 5.96. The lowest BCUT2D eigenvalue weighted by molar-refractivity contribution is 0.600. The van der Waals surface area contributed by atoms with E-state index in [4.69, 9.17) is 0 Å². The Labute approximate surface area is 159 Å². The molecule has 0 spiro atoms. The van der Waals surface area contributed by atoms with Gasteiger partial charge in [-0.05, 0) is 41.9 Å². The summed E-state index contributed by atoms with van der Waals surface area (Å²) in [6.07, 6.45) is 2.63. The monoisotopic (exact) mass is 441 g/mol. The highest BCUT2D eigenvalue weighted by Crippen LogP contribution is 2.35. The first-order valence-corrected chi connectivity index (χ1v) is 9.89. The number of nitrogens with zero attached hydrogens (tertiary/aromatic N) is 4. The van der Waals surface area contributed by atoms with Gasteiger partial charge in [-0.3, -0.25) is 14.1 Å². The molecule has 0 unspecified atom stereocenters. The van der Waals surface area contributed by atoms with E-state index in [9.17, 15) is 12.8 Å². The molecule has 0 saturated carbocycles. The Morgan fingerprint density at radius 2 is 1.92 bits per heavy atom. The van der Waals surface area contributed by atoms with Crippen LogP contribution in [-0.4, -0.2) is 28.0 Å². The Morgan fingerprint density at radius 1 is 1.23 bits per heavy atom. The van der Waals surface area contributed by atoms with E-state index in [0.717, 1.165) is 5.69 Å². The van der Waals surface area contributed by atoms with Crippen molar-refractivity contribution >= 4 is 31.6 Å². The van der Waals surface area contributed by atoms with Crippen LogP contribution in [0.5, 0.6) is 0 Å². The second kappa shape index (κ2) is 6.51. The van der Waals surface area contributed by atoms with Crippen LogP contribution in [0, 0.1) is 19.7 Å². The zero-order chi connectivity index (χ0) is 19.2. The summed E-state index contributed by atoms with van der Waals surface area (Å²) in [6.45, 7) is 3.61. The van der Waals surface area contributed by atoms with Crippen molar-refractivity contribution in [3.05, 3.63) is 46.2 Å². The van der Waals surface area contributed by atoms with E-state index in [1.165, 1.54) is 29.2 Å². The predicted octanol–water partition coefficient (Wildman–Crippen LogP) is 3.14. The maximum atomic E-state index is 14.7. The third-order valence-electron chi connectivity index (χ3n) is 4.05. The maximum absolute atomic E-state index is 14.7. The molecule has 0 atom stereocenters. The van der Waals surface area contributed by atoms with Crippen LogP contribution in [0.25, 0.3) is 11.1 Å². The lowest BCUT2D eigenvalue weighted by Gasteiger charge is -2.11. The molecule has 138 valence electrons. The van der Waals surface area contributed by atoms with E-state index >= 15 is 0 Å². The van der Waals surface area contributed by atoms with E-state index in [-0.39, 0.29) is 20.6 Å². The van der Waals surface area contributed by atoms with Crippen molar-refractivity contribution in [3.63, 3.8) is 0 Å². The van der Waals surface area contributed by atoms with Crippen molar-refractivity contribution in [2.75, 3.05) is 4.72 Å². The Hall–Kier alpha value is -2.20. The van der Waals surface area contributed by atoms with Gasteiger partial charge in [-0.2, -0.15) is 10.2 Å². The first-order valence-electron chi connectivity index (χ1n) is 7.61. The zero-order valence-electron chi connectivity index (χ0n) is 14.6. The summed E-state index contributed by atoms with van der Waals surface area (Å²) >= 11 is 3.16. The van der Waals surface area contributed by atoms with Gasteiger partial charge in [0.2, 0.25) is 0 Å². The molecule has 26 heavy (non-hydrogen) atoms. The topological polar surface area (TPSA) is 81.8 Å². The Morgan fingerprint density at radius 3 is 2.46 bits per heavy atom. The normalized spacial score (nSPS) is 11.8. The van der Waals surface area contributed by atoms with Gasteiger partial charge in [0.15, 0.2) is 0 Å². The molecule has 3 aromatic rings. The first-order chi connectivity index (χ1) is 12.1. The summed E-state index contributed by atoms with van der Waals surface area (Å²) in [4.78, 5) is 0.0238. The lowest BCUT2D eigenvalue weighted by Crippen LogP contribution is -2.12. The number of rotatable bonds is 4. The fourth-order valence-corrected chi connectivity index (χ4v) is 4.23. The summed E-state index contributed by atoms with van der Waals surface area (Å²) in [5.41, 5.74) is 2.57. The molecular weight excluding hydrogens is 425 g/mol. The van der Waals surface area contributed by atoms with E-state index in [2.05, 4.69) is 30.8 Å². The highest BCUT2D eigenvalue weighted by molar-refractivity contribution is 9.10. The van der Waals surface area contributed by atoms with Gasteiger partial charge in [0.05, 0.1) is 22.1 Å². The molecule has 1 aromatic carbocycles. The number of hydrogen-bond acceptors (Lipinski definition) is 4. The first kappa shape index (κ1) is 18.6. The van der Waals surface area contributed by atoms with Crippen LogP contribution in [0.1, 0.15) is 11.4 Å². The van der Waals surface area contributed by atoms with Crippen LogP contribution >= 0.6 is 15.9 Å². The van der Waals surface area contributed by atoms with E-state index in [0.29, 0.717) is 11.3 Å². The van der Waals surface area contributed by atoms with Gasteiger partial charge in [-0.1, -0.05) is 0 Å². The molecule has 2 aromatic heterocycles. The molecule has 0 aliphatic heterocycles. The lowest BCUT2D eigenvalue weighted by atomic mass is 10.0. The fourth-order valence-electron chi connectivity index (χ4n) is 2.74. The molecule has 0 saturated heterocycles. The van der Waals surface area contributed by atoms with Crippen LogP contribution in [0.4, 0.5) is 10.1 Å². The van der Waals surface area contributed by atoms with Gasteiger partial charge in [0.25, 0.3) is 10.0 Å². The second-order valence-electron chi connectivity index (χ2n) is 5.94. The van der Waals surface area contributed by atoms with Gasteiger partial charge < -0.3 is 0 Å². The van der Waals surface area contributed by atoms with Crippen LogP contribution in [0.2, 0.25) is 0 Å². The van der Waals surface area contributed by atoms with Crippen LogP contribution in [-0.2, 0) is 24.1 Å². The highest BCUT2D eigenvalue weighted by atomic mass is 79.9. The third kappa shape index (κ3) is 3.26. The fraction of sp³-hybridized carbons (Fsp3) is 0.250. The number of aromatic nitrogens is 4. The minimum absolute atomic E-state index is 0.0238. The maximum Gasteiger partial charge on any atom is 0.265 e. The van der Waals surface area contributed by atoms with Gasteiger partial charge in [0, 0.05) is 37.1 Å². The van der Waals surface area contributed by atoms with Gasteiger partial charge in [-0.15, -0.1) is 0 Å². The average Bonchev–Trinajstić information content (AvgIpc) is 3.08. The minimum atomic E-state index is -3.83. The molecule has 0 aliphatic rings. The van der Waals surface area contributed by atoms with Gasteiger partial charge in [0.1, 0.15) is 10.7 Å². The zero-order valence-corrected chi connectivity index (χ0v) is 17.0. The molecule has 7 nitrogen and oxygen atoms in total. The predicted molar refractivity (Wildman–Crippen MR) is 99.8 cm³/mol. The molecule has 0 amide bonds. The molecule has 2 heterocycles. The molecule has 3 rings (SSSR count). The van der Waals surface area contributed by atoms with Crippen molar-refractivity contribution in [3.8, 4) is 11.1 Å². The minimum Gasteiger partial charge on any atom is -0.279 e. The molecule has 10 heteroatoms. The molecule has 0 fully saturated rings. The van der Waals surface area contributed by atoms with Crippen LogP contribution in [0.3, 0.4) is 0 Å². The SMILES string of the molecule is Cc1nn(C)c(C)c1-c1cc(NS(=O)(=O)c2cnn(C)c2)cc(Br)c1F. The Kier molecular flexibility index (Phi) is 4.65. The number of hydrogen-bond donors (Lipinski definition) is 1. The van der Waals surface area contributed by atoms with E-state index in [1.54, 1.807) is 25.7 Å². The van der Waals surface area contributed by atoms with Crippen LogP contribution in [0.15, 0.2) is 33.9 Å². The number of aryl methyl sites for hydroxylation is 3. The molecule has 0 bridgehead atoms. The molecule has 0 aliphatic carbocycles. The van der Waals surface area contributed by atoms with Crippen molar-refractivity contribution in [2.24, 2.45) is 14.1 Å². The van der Waals surface area contributed by atoms with Crippen LogP contribution < -0.4 is 4.72 Å². The quantitative estimate of drug-likeness (QED) is 0.673. The Balaban J connectivity index is 2.09. The summed E-state index contributed by atoms with van der Waals surface area (Å²) in [5, 5.41) is 8.16. The van der Waals surface area contributed by atoms with Crippen molar-refractivity contribution in [1.82, 2.24) is 19.6 Å². The van der Waals surface area contributed by atoms with Crippen molar-refractivity contribution in [2.45, 2.75) is 18.7 Å². The van der Waals surface area contributed by atoms with E-state index in [1.807, 2.05) is 6.92 Å². The second-order valence-corrected chi connectivity index (χ2v) is 8.48. The number of halogens is 2. The number of nitrogens with one attached hydrogen (secondary N) is 1. The van der Waals surface area contributed by atoms with Crippen molar-refractivity contribution < 1.29 is 12.8 Å². The molecule has 0 radical (unpaired) electrons. The Bertz CT molecular complexity index is 1100. The van der Waals surface area contributed by atoms with Crippen molar-refractivity contribution in [1.29, 1.82) is 0 Å². The summed E-state index contributed by atoms with van der Waals surface area (Å²) in [7, 11) is -0.437. The van der Waals surface area contributed by atoms with Gasteiger partial charge in [-0.25, -0.2) is 12.8 Å². The summed E-state index contributed by atoms with van der Waals surface area (Å²) in [5.74, 6) is -0.478. The molecular formula is C16H17BrFN5O2S. The van der Waals surface area contributed by atoms with Gasteiger partial charge >= 0.3 is 0 Å². The standard InChI is InChI=1S/C16H17BrFN5O2S/c1-9-15(10(2)23(4)20-9)13-5-11(6-14(17)16(13)18)21-26(24,25)12-7-19-22(3)8-12/h5-8,21H,1-4H3. The summed E-state index contributed by atoms with van der Waals surface area (Å²) in [6, 6.07) is 2.85. The smallest absolute Gasteiger partial charge is 0.265 e. The highest BCUT2D eigenvalue weighted by Gasteiger charge is 2.21. The number of anilines is 1. The molecule has 1 N–H and O–H groups in total.